The van der Waals surface area contributed by atoms with Crippen LogP contribution in [0.3, 0.4) is 0 Å². The van der Waals surface area contributed by atoms with Crippen molar-refractivity contribution < 1.29 is 14.3 Å². The predicted molar refractivity (Wildman–Crippen MR) is 64.4 cm³/mol. The standard InChI is InChI=1S/C14H22O3/c1-17-14(16)12-8-3-2-6-10(12)11-7-4-5-9-13(11)15/h10-12H,2-9H2,1H3/t10-,11+,12+/m1/s1. The molecule has 0 saturated heterocycles. The van der Waals surface area contributed by atoms with Gasteiger partial charge < -0.3 is 4.74 Å². The molecule has 0 aromatic carbocycles. The van der Waals surface area contributed by atoms with Crippen molar-refractivity contribution in [2.24, 2.45) is 17.8 Å². The second kappa shape index (κ2) is 5.65. The molecule has 3 atom stereocenters. The Morgan fingerprint density at radius 1 is 1.12 bits per heavy atom. The number of ether oxygens (including phenoxy) is 1. The summed E-state index contributed by atoms with van der Waals surface area (Å²) >= 11 is 0. The van der Waals surface area contributed by atoms with Gasteiger partial charge in [0.15, 0.2) is 0 Å². The third kappa shape index (κ3) is 2.70. The number of Topliss-reactive ketones (excluding diaryl/α,β-unsaturated/α-hetero) is 1. The maximum Gasteiger partial charge on any atom is 0.308 e. The molecule has 0 radical (unpaired) electrons. The van der Waals surface area contributed by atoms with E-state index in [1.54, 1.807) is 0 Å². The SMILES string of the molecule is COC(=O)[C@H]1CCCC[C@@H]1[C@@H]1CCCCC1=O. The zero-order valence-electron chi connectivity index (χ0n) is 10.6. The monoisotopic (exact) mass is 238 g/mol. The zero-order valence-corrected chi connectivity index (χ0v) is 10.6. The minimum atomic E-state index is -0.104. The molecular weight excluding hydrogens is 216 g/mol. The summed E-state index contributed by atoms with van der Waals surface area (Å²) in [7, 11) is 1.46. The Morgan fingerprint density at radius 2 is 1.82 bits per heavy atom. The lowest BCUT2D eigenvalue weighted by molar-refractivity contribution is -0.150. The van der Waals surface area contributed by atoms with Crippen molar-refractivity contribution in [2.75, 3.05) is 7.11 Å². The fourth-order valence-electron chi connectivity index (χ4n) is 3.55. The van der Waals surface area contributed by atoms with E-state index in [0.717, 1.165) is 51.4 Å². The highest BCUT2D eigenvalue weighted by Crippen LogP contribution is 2.40. The van der Waals surface area contributed by atoms with Gasteiger partial charge in [0, 0.05) is 12.3 Å². The van der Waals surface area contributed by atoms with Gasteiger partial charge in [0.1, 0.15) is 5.78 Å². The third-order valence-corrected chi connectivity index (χ3v) is 4.44. The van der Waals surface area contributed by atoms with Gasteiger partial charge >= 0.3 is 5.97 Å². The van der Waals surface area contributed by atoms with E-state index in [-0.39, 0.29) is 23.7 Å². The molecule has 2 saturated carbocycles. The first-order valence-electron chi connectivity index (χ1n) is 6.84. The molecule has 2 aliphatic rings. The lowest BCUT2D eigenvalue weighted by Crippen LogP contribution is -2.37. The van der Waals surface area contributed by atoms with Crippen molar-refractivity contribution in [3.05, 3.63) is 0 Å². The molecule has 0 aromatic heterocycles. The minimum absolute atomic E-state index is 0.0270. The maximum atomic E-state index is 12.0. The molecule has 0 amide bonds. The van der Waals surface area contributed by atoms with E-state index in [0.29, 0.717) is 5.78 Å². The molecule has 0 bridgehead atoms. The number of rotatable bonds is 2. The normalized spacial score (nSPS) is 34.4. The molecule has 3 heteroatoms. The van der Waals surface area contributed by atoms with Crippen molar-refractivity contribution in [3.63, 3.8) is 0 Å². The number of methoxy groups -OCH3 is 1. The van der Waals surface area contributed by atoms with Crippen molar-refractivity contribution >= 4 is 11.8 Å². The van der Waals surface area contributed by atoms with Crippen LogP contribution >= 0.6 is 0 Å². The van der Waals surface area contributed by atoms with Gasteiger partial charge in [-0.15, -0.1) is 0 Å². The van der Waals surface area contributed by atoms with Gasteiger partial charge in [-0.05, 0) is 31.6 Å². The quantitative estimate of drug-likeness (QED) is 0.695. The highest BCUT2D eigenvalue weighted by atomic mass is 16.5. The van der Waals surface area contributed by atoms with Crippen LogP contribution in [0.4, 0.5) is 0 Å². The van der Waals surface area contributed by atoms with Crippen molar-refractivity contribution in [3.8, 4) is 0 Å². The fraction of sp³-hybridized carbons (Fsp3) is 0.857. The van der Waals surface area contributed by atoms with E-state index in [2.05, 4.69) is 0 Å². The van der Waals surface area contributed by atoms with E-state index < -0.39 is 0 Å². The summed E-state index contributed by atoms with van der Waals surface area (Å²) in [4.78, 5) is 23.8. The third-order valence-electron chi connectivity index (χ3n) is 4.44. The molecule has 2 fully saturated rings. The number of carbonyl (C=O) groups is 2. The molecule has 2 aliphatic carbocycles. The van der Waals surface area contributed by atoms with Gasteiger partial charge in [0.05, 0.1) is 13.0 Å². The number of carbonyl (C=O) groups excluding carboxylic acids is 2. The molecule has 0 unspecified atom stereocenters. The molecule has 0 N–H and O–H groups in total. The Morgan fingerprint density at radius 3 is 2.53 bits per heavy atom. The fourth-order valence-corrected chi connectivity index (χ4v) is 3.55. The van der Waals surface area contributed by atoms with E-state index in [1.807, 2.05) is 0 Å². The van der Waals surface area contributed by atoms with Gasteiger partial charge in [0.2, 0.25) is 0 Å². The minimum Gasteiger partial charge on any atom is -0.469 e. The van der Waals surface area contributed by atoms with Gasteiger partial charge in [-0.3, -0.25) is 9.59 Å². The first-order valence-corrected chi connectivity index (χ1v) is 6.84. The van der Waals surface area contributed by atoms with Crippen molar-refractivity contribution in [2.45, 2.75) is 51.4 Å². The van der Waals surface area contributed by atoms with Crippen LogP contribution in [0.5, 0.6) is 0 Å². The average molecular weight is 238 g/mol. The lowest BCUT2D eigenvalue weighted by Gasteiger charge is -2.36. The Balaban J connectivity index is 2.09. The molecule has 3 nitrogen and oxygen atoms in total. The van der Waals surface area contributed by atoms with Crippen LogP contribution in [0.1, 0.15) is 51.4 Å². The lowest BCUT2D eigenvalue weighted by atomic mass is 9.67. The Bertz CT molecular complexity index is 282. The number of esters is 1. The first-order chi connectivity index (χ1) is 8.24. The molecule has 0 aromatic rings. The Hall–Kier alpha value is -0.860. The second-order valence-corrected chi connectivity index (χ2v) is 5.40. The summed E-state index contributed by atoms with van der Waals surface area (Å²) in [6.45, 7) is 0. The smallest absolute Gasteiger partial charge is 0.308 e. The molecule has 0 spiro atoms. The average Bonchev–Trinajstić information content (AvgIpc) is 2.38. The molecule has 0 heterocycles. The Kier molecular flexibility index (Phi) is 4.19. The van der Waals surface area contributed by atoms with Crippen LogP contribution < -0.4 is 0 Å². The van der Waals surface area contributed by atoms with Crippen LogP contribution in [0.2, 0.25) is 0 Å². The van der Waals surface area contributed by atoms with E-state index in [1.165, 1.54) is 7.11 Å². The Labute approximate surface area is 103 Å². The first kappa shape index (κ1) is 12.6. The van der Waals surface area contributed by atoms with Gasteiger partial charge in [0.25, 0.3) is 0 Å². The van der Waals surface area contributed by atoms with Crippen LogP contribution in [-0.2, 0) is 14.3 Å². The summed E-state index contributed by atoms with van der Waals surface area (Å²) in [5.74, 6) is 0.642. The van der Waals surface area contributed by atoms with E-state index in [9.17, 15) is 9.59 Å². The summed E-state index contributed by atoms with van der Waals surface area (Å²) in [6, 6.07) is 0. The highest BCUT2D eigenvalue weighted by molar-refractivity contribution is 5.83. The molecular formula is C14H22O3. The predicted octanol–water partition coefficient (Wildman–Crippen LogP) is 2.73. The number of hydrogen-bond acceptors (Lipinski definition) is 3. The topological polar surface area (TPSA) is 43.4 Å². The van der Waals surface area contributed by atoms with Crippen LogP contribution in [-0.4, -0.2) is 18.9 Å². The molecule has 17 heavy (non-hydrogen) atoms. The zero-order chi connectivity index (χ0) is 12.3. The van der Waals surface area contributed by atoms with E-state index >= 15 is 0 Å². The molecule has 0 aliphatic heterocycles. The highest BCUT2D eigenvalue weighted by Gasteiger charge is 2.40. The number of ketones is 1. The van der Waals surface area contributed by atoms with Crippen LogP contribution in [0, 0.1) is 17.8 Å². The largest absolute Gasteiger partial charge is 0.469 e. The summed E-state index contributed by atoms with van der Waals surface area (Å²) in [5.41, 5.74) is 0. The van der Waals surface area contributed by atoms with Crippen molar-refractivity contribution in [1.29, 1.82) is 0 Å². The van der Waals surface area contributed by atoms with Gasteiger partial charge in [-0.2, -0.15) is 0 Å². The number of hydrogen-bond donors (Lipinski definition) is 0. The molecule has 96 valence electrons. The van der Waals surface area contributed by atoms with Crippen LogP contribution in [0.15, 0.2) is 0 Å². The maximum absolute atomic E-state index is 12.0. The summed E-state index contributed by atoms with van der Waals surface area (Å²) < 4.78 is 4.90. The van der Waals surface area contributed by atoms with E-state index in [4.69, 9.17) is 4.74 Å². The summed E-state index contributed by atoms with van der Waals surface area (Å²) in [6.07, 6.45) is 8.05. The summed E-state index contributed by atoms with van der Waals surface area (Å²) in [5, 5.41) is 0. The van der Waals surface area contributed by atoms with Gasteiger partial charge in [-0.1, -0.05) is 19.3 Å². The van der Waals surface area contributed by atoms with Crippen LogP contribution in [0.25, 0.3) is 0 Å². The van der Waals surface area contributed by atoms with Gasteiger partial charge in [-0.25, -0.2) is 0 Å². The molecule has 2 rings (SSSR count). The second-order valence-electron chi connectivity index (χ2n) is 5.40. The van der Waals surface area contributed by atoms with Crippen molar-refractivity contribution in [1.82, 2.24) is 0 Å².